The number of imide groups is 1. The molecule has 3 fully saturated rings. The van der Waals surface area contributed by atoms with Crippen molar-refractivity contribution in [2.45, 2.75) is 48.9 Å². The Bertz CT molecular complexity index is 440. The number of halogens is 2. The molecule has 3 amide bonds. The smallest absolute Gasteiger partial charge is 0.323 e. The maximum atomic E-state index is 12.6. The summed E-state index contributed by atoms with van der Waals surface area (Å²) in [5.41, 5.74) is -0.675. The molecule has 3 aliphatic rings. The van der Waals surface area contributed by atoms with Crippen LogP contribution >= 0.6 is 23.2 Å². The van der Waals surface area contributed by atoms with Crippen LogP contribution in [0.5, 0.6) is 0 Å². The van der Waals surface area contributed by atoms with Gasteiger partial charge in [0.2, 0.25) is 0 Å². The van der Waals surface area contributed by atoms with Crippen LogP contribution < -0.4 is 5.32 Å². The molecule has 1 spiro atoms. The van der Waals surface area contributed by atoms with Crippen LogP contribution in [0, 0.1) is 11.8 Å². The third-order valence-electron chi connectivity index (χ3n) is 4.86. The molecule has 1 heterocycles. The van der Waals surface area contributed by atoms with E-state index in [0.717, 1.165) is 25.7 Å². The Morgan fingerprint density at radius 1 is 1.37 bits per heavy atom. The highest BCUT2D eigenvalue weighted by Gasteiger charge is 2.59. The van der Waals surface area contributed by atoms with Crippen LogP contribution in [0.2, 0.25) is 0 Å². The molecule has 2 aliphatic carbocycles. The number of nitrogens with zero attached hydrogens (tertiary/aromatic N) is 1. The van der Waals surface area contributed by atoms with Gasteiger partial charge in [-0.2, -0.15) is 0 Å². The van der Waals surface area contributed by atoms with Gasteiger partial charge in [0.15, 0.2) is 0 Å². The summed E-state index contributed by atoms with van der Waals surface area (Å²) in [6, 6.07) is -0.283. The van der Waals surface area contributed by atoms with E-state index in [9.17, 15) is 9.59 Å². The third kappa shape index (κ3) is 2.04. The highest BCUT2D eigenvalue weighted by molar-refractivity contribution is 6.50. The zero-order valence-electron chi connectivity index (χ0n) is 10.9. The van der Waals surface area contributed by atoms with E-state index in [1.165, 1.54) is 4.90 Å². The minimum atomic E-state index is -0.755. The number of carbonyl (C=O) groups excluding carboxylic acids is 2. The summed E-state index contributed by atoms with van der Waals surface area (Å²) < 4.78 is -0.755. The first kappa shape index (κ1) is 13.5. The van der Waals surface area contributed by atoms with Gasteiger partial charge in [0, 0.05) is 12.5 Å². The van der Waals surface area contributed by atoms with Crippen molar-refractivity contribution in [1.82, 2.24) is 10.2 Å². The number of hydrogen-bond acceptors (Lipinski definition) is 2. The highest BCUT2D eigenvalue weighted by Crippen LogP contribution is 2.54. The van der Waals surface area contributed by atoms with Gasteiger partial charge in [-0.3, -0.25) is 9.69 Å². The lowest BCUT2D eigenvalue weighted by Crippen LogP contribution is -2.54. The lowest BCUT2D eigenvalue weighted by atomic mass is 9.73. The van der Waals surface area contributed by atoms with E-state index in [2.05, 4.69) is 5.32 Å². The van der Waals surface area contributed by atoms with Crippen molar-refractivity contribution in [3.63, 3.8) is 0 Å². The average molecular weight is 305 g/mol. The predicted octanol–water partition coefficient (Wildman–Crippen LogP) is 2.68. The quantitative estimate of drug-likeness (QED) is 0.630. The molecule has 2 saturated carbocycles. The zero-order valence-corrected chi connectivity index (χ0v) is 12.4. The van der Waals surface area contributed by atoms with Crippen molar-refractivity contribution >= 4 is 35.1 Å². The first-order valence-electron chi connectivity index (χ1n) is 6.89. The summed E-state index contributed by atoms with van der Waals surface area (Å²) in [4.78, 5) is 26.0. The maximum absolute atomic E-state index is 12.6. The topological polar surface area (TPSA) is 49.4 Å². The molecule has 4 nitrogen and oxygen atoms in total. The van der Waals surface area contributed by atoms with Crippen molar-refractivity contribution in [2.24, 2.45) is 11.8 Å². The highest BCUT2D eigenvalue weighted by atomic mass is 35.5. The van der Waals surface area contributed by atoms with Gasteiger partial charge in [-0.1, -0.05) is 19.8 Å². The van der Waals surface area contributed by atoms with E-state index in [0.29, 0.717) is 13.0 Å². The van der Waals surface area contributed by atoms with Gasteiger partial charge in [-0.15, -0.1) is 23.2 Å². The molecule has 0 aromatic heterocycles. The number of amides is 3. The minimum Gasteiger partial charge on any atom is -0.323 e. The van der Waals surface area contributed by atoms with Gasteiger partial charge in [0.1, 0.15) is 9.87 Å². The van der Waals surface area contributed by atoms with Crippen molar-refractivity contribution in [3.05, 3.63) is 0 Å². The molecule has 3 rings (SSSR count). The largest absolute Gasteiger partial charge is 0.325 e. The molecule has 106 valence electrons. The lowest BCUT2D eigenvalue weighted by molar-refractivity contribution is -0.134. The third-order valence-corrected chi connectivity index (χ3v) is 5.79. The van der Waals surface area contributed by atoms with Crippen molar-refractivity contribution in [1.29, 1.82) is 0 Å². The number of carbonyl (C=O) groups is 2. The second-order valence-corrected chi connectivity index (χ2v) is 7.67. The Balaban J connectivity index is 1.77. The number of nitrogens with one attached hydrogen (secondary N) is 1. The standard InChI is InChI=1S/C13H18Cl2N2O2/c1-8-4-2-3-5-12(8)10(18)17(11(19)16-12)7-9-6-13(9,14)15/h8-9H,2-7H2,1H3,(H,16,19)/t8-,9-,12-/m0/s1. The van der Waals surface area contributed by atoms with Gasteiger partial charge < -0.3 is 5.32 Å². The van der Waals surface area contributed by atoms with Crippen molar-refractivity contribution in [3.8, 4) is 0 Å². The molecular weight excluding hydrogens is 287 g/mol. The molecule has 1 N–H and O–H groups in total. The zero-order chi connectivity index (χ0) is 13.8. The Morgan fingerprint density at radius 3 is 2.63 bits per heavy atom. The summed E-state index contributed by atoms with van der Waals surface area (Å²) in [5, 5.41) is 2.93. The van der Waals surface area contributed by atoms with Crippen LogP contribution in [0.3, 0.4) is 0 Å². The van der Waals surface area contributed by atoms with Gasteiger partial charge in [0.05, 0.1) is 0 Å². The summed E-state index contributed by atoms with van der Waals surface area (Å²) in [6.07, 6.45) is 4.49. The maximum Gasteiger partial charge on any atom is 0.325 e. The van der Waals surface area contributed by atoms with Crippen molar-refractivity contribution < 1.29 is 9.59 Å². The normalized spacial score (nSPS) is 40.7. The average Bonchev–Trinajstić information content (AvgIpc) is 2.87. The van der Waals surface area contributed by atoms with Crippen LogP contribution in [0.25, 0.3) is 0 Å². The molecule has 1 saturated heterocycles. The molecule has 19 heavy (non-hydrogen) atoms. The van der Waals surface area contributed by atoms with Crippen LogP contribution in [0.4, 0.5) is 4.79 Å². The number of rotatable bonds is 2. The number of hydrogen-bond donors (Lipinski definition) is 1. The SMILES string of the molecule is C[C@H]1CCCC[C@]12NC(=O)N(C[C@@H]1CC1(Cl)Cl)C2=O. The van der Waals surface area contributed by atoms with Crippen LogP contribution in [-0.4, -0.2) is 33.3 Å². The van der Waals surface area contributed by atoms with E-state index >= 15 is 0 Å². The molecule has 0 bridgehead atoms. The Kier molecular flexibility index (Phi) is 3.02. The first-order chi connectivity index (χ1) is 8.87. The van der Waals surface area contributed by atoms with Crippen LogP contribution in [-0.2, 0) is 4.79 Å². The Labute approximate surface area is 122 Å². The van der Waals surface area contributed by atoms with E-state index in [-0.39, 0.29) is 23.8 Å². The minimum absolute atomic E-state index is 0.0135. The van der Waals surface area contributed by atoms with Gasteiger partial charge >= 0.3 is 6.03 Å². The predicted molar refractivity (Wildman–Crippen MR) is 73.2 cm³/mol. The second kappa shape index (κ2) is 4.26. The van der Waals surface area contributed by atoms with E-state index in [1.54, 1.807) is 0 Å². The fraction of sp³-hybridized carbons (Fsp3) is 0.846. The molecule has 1 aliphatic heterocycles. The number of alkyl halides is 2. The van der Waals surface area contributed by atoms with Crippen molar-refractivity contribution in [2.75, 3.05) is 6.54 Å². The van der Waals surface area contributed by atoms with Crippen LogP contribution in [0.1, 0.15) is 39.0 Å². The molecule has 3 atom stereocenters. The monoisotopic (exact) mass is 304 g/mol. The second-order valence-electron chi connectivity index (χ2n) is 6.13. The summed E-state index contributed by atoms with van der Waals surface area (Å²) in [5.74, 6) is 0.124. The fourth-order valence-corrected chi connectivity index (χ4v) is 3.86. The molecule has 0 aromatic rings. The molecule has 0 unspecified atom stereocenters. The van der Waals surface area contributed by atoms with E-state index in [1.807, 2.05) is 6.92 Å². The molecular formula is C13H18Cl2N2O2. The van der Waals surface area contributed by atoms with Gasteiger partial charge in [-0.25, -0.2) is 4.79 Å². The van der Waals surface area contributed by atoms with Crippen LogP contribution in [0.15, 0.2) is 0 Å². The Hall–Kier alpha value is -0.480. The first-order valence-corrected chi connectivity index (χ1v) is 7.64. The fourth-order valence-electron chi connectivity index (χ4n) is 3.35. The molecule has 0 radical (unpaired) electrons. The van der Waals surface area contributed by atoms with Gasteiger partial charge in [0.25, 0.3) is 5.91 Å². The number of urea groups is 1. The summed E-state index contributed by atoms with van der Waals surface area (Å²) in [6.45, 7) is 2.39. The van der Waals surface area contributed by atoms with Gasteiger partial charge in [-0.05, 0) is 25.2 Å². The Morgan fingerprint density at radius 2 is 2.05 bits per heavy atom. The summed E-state index contributed by atoms with van der Waals surface area (Å²) in [7, 11) is 0. The van der Waals surface area contributed by atoms with E-state index < -0.39 is 9.87 Å². The van der Waals surface area contributed by atoms with E-state index in [4.69, 9.17) is 23.2 Å². The molecule has 0 aromatic carbocycles. The summed E-state index contributed by atoms with van der Waals surface area (Å²) >= 11 is 12.0. The lowest BCUT2D eigenvalue weighted by Gasteiger charge is -2.36. The molecule has 6 heteroatoms.